The molecule has 0 saturated carbocycles. The topological polar surface area (TPSA) is 132 Å². The van der Waals surface area contributed by atoms with Gasteiger partial charge in [-0.05, 0) is 82.9 Å². The zero-order valence-electron chi connectivity index (χ0n) is 27.8. The van der Waals surface area contributed by atoms with Crippen LogP contribution in [-0.2, 0) is 22.6 Å². The molecule has 0 aliphatic carbocycles. The number of nitrogens with zero attached hydrogens (tertiary/aromatic N) is 3. The molecular formula is C36H43N5O6. The Morgan fingerprint density at radius 1 is 0.915 bits per heavy atom. The average molecular weight is 642 g/mol. The molecule has 0 spiro atoms. The van der Waals surface area contributed by atoms with E-state index >= 15 is 0 Å². The Morgan fingerprint density at radius 3 is 2.32 bits per heavy atom. The van der Waals surface area contributed by atoms with Crippen molar-refractivity contribution in [3.8, 4) is 0 Å². The van der Waals surface area contributed by atoms with Crippen LogP contribution in [0.4, 0.5) is 10.7 Å². The fourth-order valence-electron chi connectivity index (χ4n) is 4.97. The minimum absolute atomic E-state index is 0.125. The van der Waals surface area contributed by atoms with Crippen LogP contribution in [0.25, 0.3) is 11.0 Å². The number of aromatic nitrogens is 2. The molecule has 47 heavy (non-hydrogen) atoms. The molecule has 4 aromatic rings. The van der Waals surface area contributed by atoms with Crippen molar-refractivity contribution >= 4 is 40.9 Å². The number of para-hydroxylation sites is 1. The van der Waals surface area contributed by atoms with Gasteiger partial charge in [-0.25, -0.2) is 14.6 Å². The molecule has 3 aromatic carbocycles. The lowest BCUT2D eigenvalue weighted by Crippen LogP contribution is -2.32. The number of rotatable bonds is 12. The van der Waals surface area contributed by atoms with Gasteiger partial charge in [0.15, 0.2) is 0 Å². The highest BCUT2D eigenvalue weighted by atomic mass is 16.6. The number of anilines is 1. The van der Waals surface area contributed by atoms with Crippen LogP contribution in [0.15, 0.2) is 72.8 Å². The van der Waals surface area contributed by atoms with Gasteiger partial charge in [0.1, 0.15) is 12.2 Å². The molecule has 1 aromatic heterocycles. The number of imidazole rings is 1. The first-order valence-electron chi connectivity index (χ1n) is 15.7. The summed E-state index contributed by atoms with van der Waals surface area (Å²) < 4.78 is 12.6. The summed E-state index contributed by atoms with van der Waals surface area (Å²) in [6, 6.07) is 21.0. The van der Waals surface area contributed by atoms with E-state index in [0.29, 0.717) is 36.0 Å². The smallest absolute Gasteiger partial charge is 0.407 e. The molecule has 3 amide bonds. The molecule has 11 heteroatoms. The molecule has 0 unspecified atom stereocenters. The van der Waals surface area contributed by atoms with E-state index in [1.165, 1.54) is 11.0 Å². The number of carbonyl (C=O) groups is 4. The van der Waals surface area contributed by atoms with Gasteiger partial charge in [-0.2, -0.15) is 0 Å². The van der Waals surface area contributed by atoms with E-state index in [-0.39, 0.29) is 35.6 Å². The monoisotopic (exact) mass is 641 g/mol. The number of unbranched alkanes of at least 4 members (excludes halogenated alkanes) is 1. The van der Waals surface area contributed by atoms with E-state index in [4.69, 9.17) is 9.47 Å². The summed E-state index contributed by atoms with van der Waals surface area (Å²) >= 11 is 0. The first-order valence-corrected chi connectivity index (χ1v) is 15.7. The number of esters is 1. The first kappa shape index (κ1) is 34.7. The Hall–Kier alpha value is -5.19. The number of amides is 3. The van der Waals surface area contributed by atoms with Gasteiger partial charge in [0.2, 0.25) is 5.95 Å². The number of aryl methyl sites for hydroxylation is 1. The lowest BCUT2D eigenvalue weighted by Gasteiger charge is -2.19. The zero-order chi connectivity index (χ0) is 34.1. The maximum absolute atomic E-state index is 13.5. The number of benzene rings is 3. The maximum Gasteiger partial charge on any atom is 0.407 e. The second-order valence-corrected chi connectivity index (χ2v) is 12.6. The standard InChI is InChI=1S/C36H43N5O6/c1-24(37-35(45)46-23-25-15-8-7-9-16-25)14-10-11-21-41-30-28(32(43)40(5)6)19-13-20-29(30)38-34(41)39-31(42)26-17-12-18-27(22-26)33(44)47-36(2,3)4/h7-9,12-13,15-20,22,24H,10-11,14,21,23H2,1-6H3,(H,37,45)(H,38,39,42)/t24-/m0/s1. The van der Waals surface area contributed by atoms with Gasteiger partial charge < -0.3 is 24.3 Å². The second kappa shape index (κ2) is 15.4. The zero-order valence-corrected chi connectivity index (χ0v) is 27.8. The van der Waals surface area contributed by atoms with Crippen LogP contribution in [0.3, 0.4) is 0 Å². The summed E-state index contributed by atoms with van der Waals surface area (Å²) in [5.41, 5.74) is 2.38. The first-order chi connectivity index (χ1) is 22.3. The van der Waals surface area contributed by atoms with E-state index in [2.05, 4.69) is 15.6 Å². The molecule has 4 rings (SSSR count). The maximum atomic E-state index is 13.5. The molecule has 2 N–H and O–H groups in total. The predicted octanol–water partition coefficient (Wildman–Crippen LogP) is 6.43. The molecule has 0 radical (unpaired) electrons. The highest BCUT2D eigenvalue weighted by molar-refractivity contribution is 6.08. The summed E-state index contributed by atoms with van der Waals surface area (Å²) in [6.07, 6.45) is 1.64. The van der Waals surface area contributed by atoms with Crippen LogP contribution >= 0.6 is 0 Å². The van der Waals surface area contributed by atoms with Gasteiger partial charge in [-0.1, -0.05) is 42.5 Å². The molecule has 0 bridgehead atoms. The van der Waals surface area contributed by atoms with Gasteiger partial charge in [0.25, 0.3) is 11.8 Å². The van der Waals surface area contributed by atoms with Crippen LogP contribution in [0.2, 0.25) is 0 Å². The van der Waals surface area contributed by atoms with Crippen molar-refractivity contribution in [1.29, 1.82) is 0 Å². The van der Waals surface area contributed by atoms with Crippen molar-refractivity contribution in [3.63, 3.8) is 0 Å². The Labute approximate surface area is 275 Å². The number of fused-ring (bicyclic) bond motifs is 1. The summed E-state index contributed by atoms with van der Waals surface area (Å²) in [5.74, 6) is -0.896. The van der Waals surface area contributed by atoms with Crippen molar-refractivity contribution in [2.75, 3.05) is 19.4 Å². The van der Waals surface area contributed by atoms with Gasteiger partial charge >= 0.3 is 12.1 Å². The van der Waals surface area contributed by atoms with Crippen molar-refractivity contribution in [2.45, 2.75) is 71.8 Å². The molecule has 0 aliphatic heterocycles. The number of hydrogen-bond acceptors (Lipinski definition) is 7. The molecular weight excluding hydrogens is 598 g/mol. The fraction of sp³-hybridized carbons (Fsp3) is 0.361. The third-order valence-electron chi connectivity index (χ3n) is 7.23. The molecule has 0 fully saturated rings. The van der Waals surface area contributed by atoms with Crippen molar-refractivity contribution in [1.82, 2.24) is 19.8 Å². The molecule has 0 saturated heterocycles. The predicted molar refractivity (Wildman–Crippen MR) is 180 cm³/mol. The third-order valence-corrected chi connectivity index (χ3v) is 7.23. The van der Waals surface area contributed by atoms with Gasteiger partial charge in [0, 0.05) is 32.2 Å². The number of carbonyl (C=O) groups excluding carboxylic acids is 4. The lowest BCUT2D eigenvalue weighted by molar-refractivity contribution is 0.00692. The Kier molecular flexibility index (Phi) is 11.4. The van der Waals surface area contributed by atoms with Crippen LogP contribution in [0.1, 0.15) is 83.6 Å². The van der Waals surface area contributed by atoms with Crippen molar-refractivity contribution in [3.05, 3.63) is 95.1 Å². The Morgan fingerprint density at radius 2 is 1.62 bits per heavy atom. The fourth-order valence-corrected chi connectivity index (χ4v) is 4.97. The molecule has 11 nitrogen and oxygen atoms in total. The minimum Gasteiger partial charge on any atom is -0.456 e. The summed E-state index contributed by atoms with van der Waals surface area (Å²) in [4.78, 5) is 57.7. The second-order valence-electron chi connectivity index (χ2n) is 12.6. The number of hydrogen-bond donors (Lipinski definition) is 2. The van der Waals surface area contributed by atoms with E-state index in [1.807, 2.05) is 41.8 Å². The van der Waals surface area contributed by atoms with Crippen LogP contribution < -0.4 is 10.6 Å². The van der Waals surface area contributed by atoms with Crippen LogP contribution in [-0.4, -0.2) is 64.1 Å². The summed E-state index contributed by atoms with van der Waals surface area (Å²) in [5, 5.41) is 5.76. The minimum atomic E-state index is -0.679. The molecule has 1 atom stereocenters. The van der Waals surface area contributed by atoms with E-state index < -0.39 is 23.6 Å². The van der Waals surface area contributed by atoms with E-state index in [0.717, 1.165) is 12.0 Å². The van der Waals surface area contributed by atoms with E-state index in [9.17, 15) is 19.2 Å². The highest BCUT2D eigenvalue weighted by Crippen LogP contribution is 2.26. The van der Waals surface area contributed by atoms with Gasteiger partial charge in [0.05, 0.1) is 22.2 Å². The van der Waals surface area contributed by atoms with Crippen molar-refractivity contribution < 1.29 is 28.7 Å². The number of alkyl carbamates (subject to hydrolysis) is 1. The normalized spacial score (nSPS) is 11.9. The number of nitrogens with one attached hydrogen (secondary N) is 2. The summed E-state index contributed by atoms with van der Waals surface area (Å²) in [7, 11) is 3.36. The van der Waals surface area contributed by atoms with Crippen LogP contribution in [0.5, 0.6) is 0 Å². The van der Waals surface area contributed by atoms with Gasteiger partial charge in [-0.3, -0.25) is 14.9 Å². The number of ether oxygens (including phenoxy) is 2. The third kappa shape index (κ3) is 9.65. The Bertz CT molecular complexity index is 1720. The Balaban J connectivity index is 1.48. The van der Waals surface area contributed by atoms with Crippen molar-refractivity contribution in [2.24, 2.45) is 0 Å². The molecule has 248 valence electrons. The quantitative estimate of drug-likeness (QED) is 0.135. The molecule has 1 heterocycles. The average Bonchev–Trinajstić information content (AvgIpc) is 3.38. The summed E-state index contributed by atoms with van der Waals surface area (Å²) in [6.45, 7) is 7.90. The van der Waals surface area contributed by atoms with E-state index in [1.54, 1.807) is 71.3 Å². The largest absolute Gasteiger partial charge is 0.456 e. The SMILES string of the molecule is C[C@@H](CCCCn1c(NC(=O)c2cccc(C(=O)OC(C)(C)C)c2)nc2cccc(C(=O)N(C)C)c21)NC(=O)OCc1ccccc1. The lowest BCUT2D eigenvalue weighted by atomic mass is 10.1. The van der Waals surface area contributed by atoms with Crippen LogP contribution in [0, 0.1) is 0 Å². The molecule has 0 aliphatic rings. The highest BCUT2D eigenvalue weighted by Gasteiger charge is 2.22. The van der Waals surface area contributed by atoms with Gasteiger partial charge in [-0.15, -0.1) is 0 Å².